The number of H-pyrrole nitrogens is 1. The van der Waals surface area contributed by atoms with Gasteiger partial charge in [-0.15, -0.1) is 0 Å². The number of carbonyl (C=O) groups is 1. The first-order valence-electron chi connectivity index (χ1n) is 7.55. The van der Waals surface area contributed by atoms with Crippen LogP contribution in [-0.4, -0.2) is 25.7 Å². The molecule has 6 nitrogen and oxygen atoms in total. The fourth-order valence-corrected chi connectivity index (χ4v) is 2.32. The fraction of sp³-hybridized carbons (Fsp3) is 0.235. The number of anilines is 1. The molecule has 23 heavy (non-hydrogen) atoms. The van der Waals surface area contributed by atoms with Gasteiger partial charge in [0.1, 0.15) is 0 Å². The van der Waals surface area contributed by atoms with Crippen LogP contribution in [0.25, 0.3) is 5.69 Å². The summed E-state index contributed by atoms with van der Waals surface area (Å²) < 4.78 is 2.02. The summed E-state index contributed by atoms with van der Waals surface area (Å²) in [5.74, 6) is -0.219. The number of benzene rings is 1. The van der Waals surface area contributed by atoms with Gasteiger partial charge in [-0.25, -0.2) is 4.98 Å². The Morgan fingerprint density at radius 3 is 2.57 bits per heavy atom. The maximum Gasteiger partial charge on any atom is 0.276 e. The third-order valence-electron chi connectivity index (χ3n) is 3.90. The monoisotopic (exact) mass is 309 g/mol. The zero-order chi connectivity index (χ0) is 16.4. The standard InChI is InChI=1S/C17H19N5O/c1-4-13-9-16(21-20-13)17(23)19-14-5-7-15(8-6-14)22-10-18-11(2)12(22)3/h5-10H,4H2,1-3H3,(H,19,23)(H,20,21). The molecule has 0 aliphatic carbocycles. The predicted octanol–water partition coefficient (Wildman–Crippen LogP) is 3.03. The van der Waals surface area contributed by atoms with Crippen LogP contribution in [0.1, 0.15) is 34.5 Å². The summed E-state index contributed by atoms with van der Waals surface area (Å²) in [6.07, 6.45) is 2.62. The molecule has 0 aliphatic rings. The average molecular weight is 309 g/mol. The van der Waals surface area contributed by atoms with E-state index in [1.54, 1.807) is 12.4 Å². The van der Waals surface area contributed by atoms with Gasteiger partial charge in [0.2, 0.25) is 0 Å². The molecule has 0 saturated heterocycles. The molecule has 2 N–H and O–H groups in total. The summed E-state index contributed by atoms with van der Waals surface area (Å²) in [6.45, 7) is 6.02. The summed E-state index contributed by atoms with van der Waals surface area (Å²) in [7, 11) is 0. The van der Waals surface area contributed by atoms with Crippen LogP contribution in [0.15, 0.2) is 36.7 Å². The van der Waals surface area contributed by atoms with E-state index in [0.29, 0.717) is 5.69 Å². The first-order chi connectivity index (χ1) is 11.1. The number of imidazole rings is 1. The highest BCUT2D eigenvalue weighted by atomic mass is 16.1. The van der Waals surface area contributed by atoms with E-state index < -0.39 is 0 Å². The third kappa shape index (κ3) is 3.01. The van der Waals surface area contributed by atoms with Gasteiger partial charge >= 0.3 is 0 Å². The summed E-state index contributed by atoms with van der Waals surface area (Å²) in [4.78, 5) is 16.4. The first kappa shape index (κ1) is 15.0. The molecule has 0 unspecified atom stereocenters. The molecule has 0 spiro atoms. The highest BCUT2D eigenvalue weighted by Gasteiger charge is 2.10. The van der Waals surface area contributed by atoms with Crippen molar-refractivity contribution in [2.45, 2.75) is 27.2 Å². The molecule has 2 heterocycles. The number of carbonyl (C=O) groups excluding carboxylic acids is 1. The Kier molecular flexibility index (Phi) is 3.97. The second-order valence-corrected chi connectivity index (χ2v) is 5.42. The van der Waals surface area contributed by atoms with E-state index in [9.17, 15) is 4.79 Å². The van der Waals surface area contributed by atoms with Gasteiger partial charge in [0, 0.05) is 22.8 Å². The van der Waals surface area contributed by atoms with E-state index in [1.165, 1.54) is 0 Å². The van der Waals surface area contributed by atoms with Crippen molar-refractivity contribution in [1.29, 1.82) is 0 Å². The smallest absolute Gasteiger partial charge is 0.276 e. The number of hydrogen-bond acceptors (Lipinski definition) is 3. The largest absolute Gasteiger partial charge is 0.321 e. The van der Waals surface area contributed by atoms with Crippen molar-refractivity contribution < 1.29 is 4.79 Å². The molecule has 3 aromatic rings. The van der Waals surface area contributed by atoms with Gasteiger partial charge in [0.25, 0.3) is 5.91 Å². The van der Waals surface area contributed by atoms with Crippen molar-refractivity contribution in [1.82, 2.24) is 19.7 Å². The number of hydrogen-bond donors (Lipinski definition) is 2. The molecule has 0 aliphatic heterocycles. The minimum atomic E-state index is -0.219. The van der Waals surface area contributed by atoms with Crippen LogP contribution in [-0.2, 0) is 6.42 Å². The lowest BCUT2D eigenvalue weighted by atomic mass is 10.2. The number of nitrogens with zero attached hydrogens (tertiary/aromatic N) is 3. The van der Waals surface area contributed by atoms with Gasteiger partial charge in [0.15, 0.2) is 5.69 Å². The number of aromatic amines is 1. The Hall–Kier alpha value is -2.89. The number of amides is 1. The topological polar surface area (TPSA) is 75.6 Å². The third-order valence-corrected chi connectivity index (χ3v) is 3.90. The average Bonchev–Trinajstić information content (AvgIpc) is 3.16. The molecule has 3 rings (SSSR count). The normalized spacial score (nSPS) is 10.7. The zero-order valence-electron chi connectivity index (χ0n) is 13.4. The minimum Gasteiger partial charge on any atom is -0.321 e. The van der Waals surface area contributed by atoms with Crippen LogP contribution in [0.3, 0.4) is 0 Å². The number of rotatable bonds is 4. The Bertz CT molecular complexity index is 829. The van der Waals surface area contributed by atoms with Crippen LogP contribution < -0.4 is 5.32 Å². The summed E-state index contributed by atoms with van der Waals surface area (Å²) >= 11 is 0. The second kappa shape index (κ2) is 6.08. The number of aromatic nitrogens is 4. The van der Waals surface area contributed by atoms with Crippen molar-refractivity contribution in [3.05, 3.63) is 59.4 Å². The predicted molar refractivity (Wildman–Crippen MR) is 89.0 cm³/mol. The number of nitrogens with one attached hydrogen (secondary N) is 2. The highest BCUT2D eigenvalue weighted by Crippen LogP contribution is 2.17. The molecule has 0 bridgehead atoms. The van der Waals surface area contributed by atoms with Gasteiger partial charge in [0.05, 0.1) is 12.0 Å². The van der Waals surface area contributed by atoms with E-state index in [-0.39, 0.29) is 5.91 Å². The van der Waals surface area contributed by atoms with Crippen LogP contribution in [0.5, 0.6) is 0 Å². The maximum atomic E-state index is 12.1. The van der Waals surface area contributed by atoms with E-state index >= 15 is 0 Å². The fourth-order valence-electron chi connectivity index (χ4n) is 2.32. The lowest BCUT2D eigenvalue weighted by molar-refractivity contribution is 0.102. The lowest BCUT2D eigenvalue weighted by Gasteiger charge is -2.08. The molecule has 6 heteroatoms. The number of aryl methyl sites for hydroxylation is 2. The second-order valence-electron chi connectivity index (χ2n) is 5.42. The van der Waals surface area contributed by atoms with Crippen LogP contribution in [0.4, 0.5) is 5.69 Å². The molecule has 0 saturated carbocycles. The van der Waals surface area contributed by atoms with Crippen LogP contribution in [0, 0.1) is 13.8 Å². The van der Waals surface area contributed by atoms with Crippen molar-refractivity contribution in [3.8, 4) is 5.69 Å². The van der Waals surface area contributed by atoms with Gasteiger partial charge in [-0.05, 0) is 50.6 Å². The molecule has 2 aromatic heterocycles. The van der Waals surface area contributed by atoms with E-state index in [0.717, 1.165) is 34.9 Å². The first-order valence-corrected chi connectivity index (χ1v) is 7.55. The maximum absolute atomic E-state index is 12.1. The van der Waals surface area contributed by atoms with Crippen LogP contribution in [0.2, 0.25) is 0 Å². The SMILES string of the molecule is CCc1cc(C(=O)Nc2ccc(-n3cnc(C)c3C)cc2)n[nH]1. The molecule has 0 fully saturated rings. The highest BCUT2D eigenvalue weighted by molar-refractivity contribution is 6.02. The van der Waals surface area contributed by atoms with E-state index in [2.05, 4.69) is 20.5 Å². The van der Waals surface area contributed by atoms with Crippen molar-refractivity contribution in [3.63, 3.8) is 0 Å². The molecule has 1 aromatic carbocycles. The van der Waals surface area contributed by atoms with Gasteiger partial charge < -0.3 is 9.88 Å². The van der Waals surface area contributed by atoms with Crippen molar-refractivity contribution in [2.75, 3.05) is 5.32 Å². The molecule has 118 valence electrons. The van der Waals surface area contributed by atoms with Gasteiger partial charge in [-0.1, -0.05) is 6.92 Å². The molecular formula is C17H19N5O. The molecule has 0 atom stereocenters. The molecular weight excluding hydrogens is 290 g/mol. The summed E-state index contributed by atoms with van der Waals surface area (Å²) in [5, 5.41) is 9.70. The quantitative estimate of drug-likeness (QED) is 0.778. The lowest BCUT2D eigenvalue weighted by Crippen LogP contribution is -2.12. The van der Waals surface area contributed by atoms with Crippen molar-refractivity contribution >= 4 is 11.6 Å². The summed E-state index contributed by atoms with van der Waals surface area (Å²) in [6, 6.07) is 9.41. The Labute approximate surface area is 134 Å². The Morgan fingerprint density at radius 2 is 2.00 bits per heavy atom. The van der Waals surface area contributed by atoms with Crippen molar-refractivity contribution in [2.24, 2.45) is 0 Å². The Balaban J connectivity index is 1.74. The van der Waals surface area contributed by atoms with E-state index in [4.69, 9.17) is 0 Å². The minimum absolute atomic E-state index is 0.219. The van der Waals surface area contributed by atoms with Crippen LogP contribution >= 0.6 is 0 Å². The van der Waals surface area contributed by atoms with Gasteiger partial charge in [-0.3, -0.25) is 9.89 Å². The Morgan fingerprint density at radius 1 is 1.26 bits per heavy atom. The van der Waals surface area contributed by atoms with E-state index in [1.807, 2.05) is 49.6 Å². The molecule has 0 radical (unpaired) electrons. The summed E-state index contributed by atoms with van der Waals surface area (Å²) in [5.41, 5.74) is 5.19. The molecule has 1 amide bonds. The zero-order valence-corrected chi connectivity index (χ0v) is 13.4. The van der Waals surface area contributed by atoms with Gasteiger partial charge in [-0.2, -0.15) is 5.10 Å².